The monoisotopic (exact) mass is 490 g/mol. The van der Waals surface area contributed by atoms with Crippen LogP contribution in [-0.4, -0.2) is 39.1 Å². The lowest BCUT2D eigenvalue weighted by Crippen LogP contribution is -2.23. The Bertz CT molecular complexity index is 1330. The van der Waals surface area contributed by atoms with Gasteiger partial charge in [-0.3, -0.25) is 9.36 Å². The van der Waals surface area contributed by atoms with Crippen LogP contribution in [0.4, 0.5) is 10.1 Å². The third-order valence-electron chi connectivity index (χ3n) is 5.45. The van der Waals surface area contributed by atoms with E-state index >= 15 is 0 Å². The third-order valence-corrected chi connectivity index (χ3v) is 6.49. The number of anilines is 1. The molecule has 1 atom stereocenters. The lowest BCUT2D eigenvalue weighted by atomic mass is 10.1. The van der Waals surface area contributed by atoms with Crippen molar-refractivity contribution >= 4 is 23.4 Å². The third kappa shape index (κ3) is 5.30. The van der Waals surface area contributed by atoms with E-state index in [4.69, 9.17) is 9.47 Å². The van der Waals surface area contributed by atoms with Gasteiger partial charge in [-0.15, -0.1) is 10.2 Å². The molecule has 35 heavy (non-hydrogen) atoms. The molecule has 0 aliphatic carbocycles. The number of rotatable bonds is 7. The van der Waals surface area contributed by atoms with Gasteiger partial charge in [0.25, 0.3) is 0 Å². The summed E-state index contributed by atoms with van der Waals surface area (Å²) in [5.74, 6) is 1.45. The number of hydrogen-bond acceptors (Lipinski definition) is 6. The molecule has 0 spiro atoms. The number of nitrogens with zero attached hydrogens (tertiary/aromatic N) is 3. The predicted octanol–water partition coefficient (Wildman–Crippen LogP) is 4.89. The van der Waals surface area contributed by atoms with E-state index in [2.05, 4.69) is 15.5 Å². The molecule has 4 aromatic rings. The molecule has 178 valence electrons. The van der Waals surface area contributed by atoms with Crippen molar-refractivity contribution in [3.8, 4) is 17.2 Å². The summed E-state index contributed by atoms with van der Waals surface area (Å²) in [4.78, 5) is 13.0. The highest BCUT2D eigenvalue weighted by Gasteiger charge is 2.22. The number of hydrogen-bond donors (Lipinski definition) is 1. The number of ether oxygens (including phenoxy) is 2. The van der Waals surface area contributed by atoms with Crippen LogP contribution >= 0.6 is 11.8 Å². The number of fused-ring (bicyclic) bond motifs is 1. The summed E-state index contributed by atoms with van der Waals surface area (Å²) < 4.78 is 26.6. The molecule has 1 aliphatic heterocycles. The molecule has 9 heteroatoms. The Balaban J connectivity index is 1.36. The van der Waals surface area contributed by atoms with Gasteiger partial charge >= 0.3 is 0 Å². The summed E-state index contributed by atoms with van der Waals surface area (Å²) in [5, 5.41) is 11.8. The SMILES string of the molecule is C[C@@H](Sc1nnc(Cc2ccccc2)n1-c1ccc(F)cc1)C(=O)Nc1ccc2c(c1)OCCO2. The van der Waals surface area contributed by atoms with E-state index in [9.17, 15) is 9.18 Å². The fourth-order valence-electron chi connectivity index (χ4n) is 3.70. The first kappa shape index (κ1) is 22.9. The number of carbonyl (C=O) groups excluding carboxylic acids is 1. The highest BCUT2D eigenvalue weighted by molar-refractivity contribution is 8.00. The quantitative estimate of drug-likeness (QED) is 0.372. The van der Waals surface area contributed by atoms with Gasteiger partial charge in [-0.25, -0.2) is 4.39 Å². The summed E-state index contributed by atoms with van der Waals surface area (Å²) in [6.45, 7) is 2.78. The molecule has 0 saturated carbocycles. The zero-order valence-electron chi connectivity index (χ0n) is 19.0. The molecule has 0 fully saturated rings. The van der Waals surface area contributed by atoms with Crippen molar-refractivity contribution in [2.24, 2.45) is 0 Å². The molecule has 1 aromatic heterocycles. The molecule has 0 bridgehead atoms. The average molecular weight is 491 g/mol. The van der Waals surface area contributed by atoms with Gasteiger partial charge < -0.3 is 14.8 Å². The highest BCUT2D eigenvalue weighted by atomic mass is 32.2. The van der Waals surface area contributed by atoms with Crippen LogP contribution in [-0.2, 0) is 11.2 Å². The fourth-order valence-corrected chi connectivity index (χ4v) is 4.58. The first-order chi connectivity index (χ1) is 17.1. The van der Waals surface area contributed by atoms with Crippen molar-refractivity contribution in [3.05, 3.63) is 90.0 Å². The minimum Gasteiger partial charge on any atom is -0.486 e. The minimum atomic E-state index is -0.476. The Morgan fingerprint density at radius 1 is 1.03 bits per heavy atom. The molecule has 0 saturated heterocycles. The van der Waals surface area contributed by atoms with Crippen LogP contribution in [0.25, 0.3) is 5.69 Å². The lowest BCUT2D eigenvalue weighted by molar-refractivity contribution is -0.115. The van der Waals surface area contributed by atoms with Gasteiger partial charge in [0, 0.05) is 23.9 Å². The molecule has 1 amide bonds. The van der Waals surface area contributed by atoms with Crippen LogP contribution < -0.4 is 14.8 Å². The number of aromatic nitrogens is 3. The van der Waals surface area contributed by atoms with E-state index in [-0.39, 0.29) is 11.7 Å². The molecular weight excluding hydrogens is 467 g/mol. The van der Waals surface area contributed by atoms with Gasteiger partial charge in [0.1, 0.15) is 24.9 Å². The highest BCUT2D eigenvalue weighted by Crippen LogP contribution is 2.33. The second-order valence-corrected chi connectivity index (χ2v) is 9.29. The maximum absolute atomic E-state index is 13.6. The second kappa shape index (κ2) is 10.2. The Kier molecular flexibility index (Phi) is 6.67. The van der Waals surface area contributed by atoms with E-state index < -0.39 is 5.25 Å². The Morgan fingerprint density at radius 2 is 1.77 bits per heavy atom. The zero-order chi connectivity index (χ0) is 24.2. The maximum atomic E-state index is 13.6. The summed E-state index contributed by atoms with van der Waals surface area (Å²) in [6.07, 6.45) is 0.545. The number of carbonyl (C=O) groups is 1. The largest absolute Gasteiger partial charge is 0.486 e. The van der Waals surface area contributed by atoms with E-state index in [1.165, 1.54) is 23.9 Å². The molecule has 2 heterocycles. The van der Waals surface area contributed by atoms with E-state index in [0.717, 1.165) is 11.3 Å². The normalized spacial score (nSPS) is 13.3. The van der Waals surface area contributed by atoms with E-state index in [1.807, 2.05) is 34.9 Å². The van der Waals surface area contributed by atoms with Crippen molar-refractivity contribution < 1.29 is 18.7 Å². The van der Waals surface area contributed by atoms with Crippen molar-refractivity contribution in [2.45, 2.75) is 23.8 Å². The van der Waals surface area contributed by atoms with Gasteiger partial charge in [0.05, 0.1) is 5.25 Å². The Labute approximate surface area is 206 Å². The molecular formula is C26H23FN4O3S. The second-order valence-electron chi connectivity index (χ2n) is 7.98. The summed E-state index contributed by atoms with van der Waals surface area (Å²) in [6, 6.07) is 21.4. The smallest absolute Gasteiger partial charge is 0.237 e. The van der Waals surface area contributed by atoms with Crippen LogP contribution in [0.2, 0.25) is 0 Å². The molecule has 5 rings (SSSR count). The lowest BCUT2D eigenvalue weighted by Gasteiger charge is -2.19. The van der Waals surface area contributed by atoms with Crippen molar-refractivity contribution in [1.82, 2.24) is 14.8 Å². The summed E-state index contributed by atoms with van der Waals surface area (Å²) >= 11 is 1.28. The van der Waals surface area contributed by atoms with Gasteiger partial charge in [-0.05, 0) is 48.9 Å². The first-order valence-corrected chi connectivity index (χ1v) is 12.1. The summed E-state index contributed by atoms with van der Waals surface area (Å²) in [5.41, 5.74) is 2.42. The number of benzene rings is 3. The number of nitrogens with one attached hydrogen (secondary N) is 1. The van der Waals surface area contributed by atoms with Crippen molar-refractivity contribution in [3.63, 3.8) is 0 Å². The molecule has 0 radical (unpaired) electrons. The molecule has 7 nitrogen and oxygen atoms in total. The van der Waals surface area contributed by atoms with Gasteiger partial charge in [0.2, 0.25) is 5.91 Å². The standard InChI is InChI=1S/C26H23FN4O3S/c1-17(25(32)28-20-9-12-22-23(16-20)34-14-13-33-22)35-26-30-29-24(15-18-5-3-2-4-6-18)31(26)21-10-7-19(27)8-11-21/h2-12,16-17H,13-15H2,1H3,(H,28,32)/t17-/m1/s1. The van der Waals surface area contributed by atoms with E-state index in [0.29, 0.717) is 47.8 Å². The van der Waals surface area contributed by atoms with Gasteiger partial charge in [-0.1, -0.05) is 42.1 Å². The molecule has 3 aromatic carbocycles. The first-order valence-electron chi connectivity index (χ1n) is 11.2. The number of amides is 1. The van der Waals surface area contributed by atoms with Crippen molar-refractivity contribution in [2.75, 3.05) is 18.5 Å². The van der Waals surface area contributed by atoms with Gasteiger partial charge in [-0.2, -0.15) is 0 Å². The molecule has 0 unspecified atom stereocenters. The van der Waals surface area contributed by atoms with Crippen molar-refractivity contribution in [1.29, 1.82) is 0 Å². The Morgan fingerprint density at radius 3 is 2.54 bits per heavy atom. The van der Waals surface area contributed by atoms with Gasteiger partial charge in [0.15, 0.2) is 16.7 Å². The fraction of sp³-hybridized carbons (Fsp3) is 0.192. The van der Waals surface area contributed by atoms with Crippen LogP contribution in [0.5, 0.6) is 11.5 Å². The van der Waals surface area contributed by atoms with E-state index in [1.54, 1.807) is 37.3 Å². The van der Waals surface area contributed by atoms with Crippen LogP contribution in [0.3, 0.4) is 0 Å². The maximum Gasteiger partial charge on any atom is 0.237 e. The minimum absolute atomic E-state index is 0.190. The van der Waals surface area contributed by atoms with Crippen LogP contribution in [0.1, 0.15) is 18.3 Å². The average Bonchev–Trinajstić information content (AvgIpc) is 3.26. The number of halogens is 1. The summed E-state index contributed by atoms with van der Waals surface area (Å²) in [7, 11) is 0. The predicted molar refractivity (Wildman–Crippen MR) is 132 cm³/mol. The van der Waals surface area contributed by atoms with Crippen LogP contribution in [0.15, 0.2) is 78.0 Å². The topological polar surface area (TPSA) is 78.3 Å². The zero-order valence-corrected chi connectivity index (χ0v) is 19.8. The van der Waals surface area contributed by atoms with Crippen LogP contribution in [0, 0.1) is 5.82 Å². The molecule has 1 N–H and O–H groups in total. The Hall–Kier alpha value is -3.85. The number of thioether (sulfide) groups is 1. The molecule has 1 aliphatic rings.